The van der Waals surface area contributed by atoms with E-state index < -0.39 is 54.6 Å². The molecule has 1 aromatic carbocycles. The predicted molar refractivity (Wildman–Crippen MR) is 132 cm³/mol. The van der Waals surface area contributed by atoms with Crippen molar-refractivity contribution in [3.63, 3.8) is 0 Å². The lowest BCUT2D eigenvalue weighted by Crippen LogP contribution is -2.59. The van der Waals surface area contributed by atoms with E-state index in [2.05, 4.69) is 32.4 Å². The molecule has 0 saturated heterocycles. The number of nitrogens with one attached hydrogen (secondary N) is 1. The summed E-state index contributed by atoms with van der Waals surface area (Å²) in [6, 6.07) is 2.90. The number of carboxylic acids is 1. The van der Waals surface area contributed by atoms with Crippen molar-refractivity contribution in [2.75, 3.05) is 6.61 Å². The molecule has 1 aliphatic heterocycles. The summed E-state index contributed by atoms with van der Waals surface area (Å²) in [6.07, 6.45) is -2.76. The third-order valence-electron chi connectivity index (χ3n) is 6.23. The lowest BCUT2D eigenvalue weighted by Gasteiger charge is -2.40. The topological polar surface area (TPSA) is 178 Å². The van der Waals surface area contributed by atoms with Crippen molar-refractivity contribution in [1.82, 2.24) is 15.1 Å². The van der Waals surface area contributed by atoms with Gasteiger partial charge in [-0.15, -0.1) is 0 Å². The number of carbonyl (C=O) groups excluding carboxylic acids is 1. The highest BCUT2D eigenvalue weighted by atomic mass is 79.9. The Morgan fingerprint density at radius 1 is 1.33 bits per heavy atom. The fourth-order valence-electron chi connectivity index (χ4n) is 4.20. The van der Waals surface area contributed by atoms with Crippen LogP contribution in [0.2, 0.25) is 5.02 Å². The van der Waals surface area contributed by atoms with Crippen molar-refractivity contribution in [1.29, 1.82) is 5.26 Å². The van der Waals surface area contributed by atoms with E-state index in [1.54, 1.807) is 6.07 Å². The van der Waals surface area contributed by atoms with E-state index in [0.29, 0.717) is 33.2 Å². The van der Waals surface area contributed by atoms with Gasteiger partial charge in [0, 0.05) is 15.8 Å². The number of ether oxygens (including phenoxy) is 1. The zero-order chi connectivity index (χ0) is 26.7. The Morgan fingerprint density at radius 3 is 2.56 bits per heavy atom. The average molecular weight is 586 g/mol. The molecule has 0 saturated carbocycles. The van der Waals surface area contributed by atoms with Crippen LogP contribution in [0.1, 0.15) is 38.4 Å². The number of benzene rings is 1. The van der Waals surface area contributed by atoms with Crippen LogP contribution in [0.3, 0.4) is 0 Å². The summed E-state index contributed by atoms with van der Waals surface area (Å²) in [5, 5.41) is 57.9. The Labute approximate surface area is 220 Å². The number of halogens is 2. The highest BCUT2D eigenvalue weighted by Crippen LogP contribution is 2.35. The van der Waals surface area contributed by atoms with Crippen LogP contribution in [0.5, 0.6) is 0 Å². The van der Waals surface area contributed by atoms with E-state index in [0.717, 1.165) is 0 Å². The van der Waals surface area contributed by atoms with E-state index >= 15 is 0 Å². The summed E-state index contributed by atoms with van der Waals surface area (Å²) in [7, 11) is 0. The van der Waals surface area contributed by atoms with Gasteiger partial charge in [-0.25, -0.2) is 9.48 Å². The number of hydrogen-bond donors (Lipinski definition) is 5. The van der Waals surface area contributed by atoms with Gasteiger partial charge in [-0.05, 0) is 47.0 Å². The SMILES string of the molecule is CCC(CC)C(=O)N[C@H]1[C@H]([C@H](O)[C@H](O)CO)OC(C(=O)O)=C[C@@H]1n1nc2cc(Cl)c(Br)cc2c1C#N. The monoisotopic (exact) mass is 584 g/mol. The Morgan fingerprint density at radius 2 is 2.00 bits per heavy atom. The fraction of sp³-hybridized carbons (Fsp3) is 0.478. The number of aliphatic carboxylic acids is 1. The van der Waals surface area contributed by atoms with E-state index in [1.807, 2.05) is 13.8 Å². The average Bonchev–Trinajstić information content (AvgIpc) is 3.20. The molecule has 2 heterocycles. The highest BCUT2D eigenvalue weighted by molar-refractivity contribution is 9.10. The van der Waals surface area contributed by atoms with Gasteiger partial charge in [-0.2, -0.15) is 10.4 Å². The van der Waals surface area contributed by atoms with Gasteiger partial charge >= 0.3 is 5.97 Å². The summed E-state index contributed by atoms with van der Waals surface area (Å²) in [5.74, 6) is -2.83. The van der Waals surface area contributed by atoms with Crippen molar-refractivity contribution < 1.29 is 34.8 Å². The standard InChI is InChI=1S/C23H26BrClN4O7/c1-3-10(4-2)22(33)27-19-15(7-18(23(34)35)36-21(19)20(32)17(31)9-30)29-16(8-26)11-5-12(24)13(25)6-14(11)28-29/h5-7,10,15,17,19-21,30-32H,3-4,9H2,1-2H3,(H,27,33)(H,34,35)/t15-,17+,19+,20+,21+/m0/s1. The van der Waals surface area contributed by atoms with Gasteiger partial charge in [-0.1, -0.05) is 25.4 Å². The van der Waals surface area contributed by atoms with Crippen LogP contribution in [0.15, 0.2) is 28.4 Å². The number of hydrogen-bond acceptors (Lipinski definition) is 8. The second-order valence-electron chi connectivity index (χ2n) is 8.39. The van der Waals surface area contributed by atoms with Crippen molar-refractivity contribution in [3.8, 4) is 6.07 Å². The summed E-state index contributed by atoms with van der Waals surface area (Å²) in [4.78, 5) is 25.0. The molecule has 5 atom stereocenters. The molecule has 1 aromatic heterocycles. The number of carboxylic acid groups (broad SMARTS) is 1. The molecule has 5 N–H and O–H groups in total. The molecule has 13 heteroatoms. The molecule has 3 rings (SSSR count). The Balaban J connectivity index is 2.24. The molecule has 0 radical (unpaired) electrons. The summed E-state index contributed by atoms with van der Waals surface area (Å²) >= 11 is 9.51. The van der Waals surface area contributed by atoms with Gasteiger partial charge in [0.05, 0.1) is 29.2 Å². The molecular formula is C23H26BrClN4O7. The molecule has 0 aliphatic carbocycles. The summed E-state index contributed by atoms with van der Waals surface area (Å²) < 4.78 is 7.26. The van der Waals surface area contributed by atoms with E-state index in [1.165, 1.54) is 16.8 Å². The Bertz CT molecular complexity index is 1220. The molecule has 36 heavy (non-hydrogen) atoms. The molecule has 0 fully saturated rings. The summed E-state index contributed by atoms with van der Waals surface area (Å²) in [6.45, 7) is 2.83. The number of rotatable bonds is 9. The number of aromatic nitrogens is 2. The van der Waals surface area contributed by atoms with Gasteiger partial charge in [0.25, 0.3) is 0 Å². The maximum Gasteiger partial charge on any atom is 0.370 e. The number of nitriles is 1. The smallest absolute Gasteiger partial charge is 0.370 e. The second-order valence-corrected chi connectivity index (χ2v) is 9.65. The second kappa shape index (κ2) is 11.6. The lowest BCUT2D eigenvalue weighted by atomic mass is 9.90. The molecule has 0 spiro atoms. The van der Waals surface area contributed by atoms with Crippen LogP contribution in [0.4, 0.5) is 0 Å². The third kappa shape index (κ3) is 5.35. The maximum absolute atomic E-state index is 13.1. The minimum absolute atomic E-state index is 0.0491. The number of nitrogens with zero attached hydrogens (tertiary/aromatic N) is 3. The molecule has 0 unspecified atom stereocenters. The summed E-state index contributed by atoms with van der Waals surface area (Å²) in [5.41, 5.74) is 0.391. The largest absolute Gasteiger partial charge is 0.478 e. The maximum atomic E-state index is 13.1. The first-order valence-corrected chi connectivity index (χ1v) is 12.4. The zero-order valence-corrected chi connectivity index (χ0v) is 21.8. The van der Waals surface area contributed by atoms with Gasteiger partial charge in [0.15, 0.2) is 0 Å². The van der Waals surface area contributed by atoms with Crippen molar-refractivity contribution >= 4 is 50.3 Å². The van der Waals surface area contributed by atoms with Crippen LogP contribution in [0.25, 0.3) is 10.9 Å². The Kier molecular flexibility index (Phi) is 8.97. The third-order valence-corrected chi connectivity index (χ3v) is 7.42. The van der Waals surface area contributed by atoms with Gasteiger partial charge in [0.1, 0.15) is 30.1 Å². The molecule has 194 valence electrons. The van der Waals surface area contributed by atoms with Crippen LogP contribution >= 0.6 is 27.5 Å². The lowest BCUT2D eigenvalue weighted by molar-refractivity contribution is -0.147. The van der Waals surface area contributed by atoms with Crippen molar-refractivity contribution in [2.24, 2.45) is 5.92 Å². The van der Waals surface area contributed by atoms with Crippen LogP contribution < -0.4 is 5.32 Å². The van der Waals surface area contributed by atoms with E-state index in [9.17, 15) is 35.3 Å². The van der Waals surface area contributed by atoms with Crippen molar-refractivity contribution in [3.05, 3.63) is 39.2 Å². The molecule has 11 nitrogen and oxygen atoms in total. The molecule has 1 aliphatic rings. The number of fused-ring (bicyclic) bond motifs is 1. The van der Waals surface area contributed by atoms with Crippen LogP contribution in [0, 0.1) is 17.2 Å². The number of carbonyl (C=O) groups is 2. The van der Waals surface area contributed by atoms with Crippen molar-refractivity contribution in [2.45, 2.75) is 57.1 Å². The number of amides is 1. The molecular weight excluding hydrogens is 560 g/mol. The normalized spacial score (nSPS) is 21.4. The first-order chi connectivity index (χ1) is 17.1. The van der Waals surface area contributed by atoms with Crippen LogP contribution in [-0.4, -0.2) is 73.0 Å². The first kappa shape index (κ1) is 27.9. The first-order valence-electron chi connectivity index (χ1n) is 11.2. The van der Waals surface area contributed by atoms with Gasteiger partial charge < -0.3 is 30.5 Å². The van der Waals surface area contributed by atoms with Gasteiger partial charge in [-0.3, -0.25) is 4.79 Å². The fourth-order valence-corrected chi connectivity index (χ4v) is 4.70. The minimum Gasteiger partial charge on any atom is -0.478 e. The number of aliphatic hydroxyl groups is 3. The highest BCUT2D eigenvalue weighted by Gasteiger charge is 2.46. The van der Waals surface area contributed by atoms with E-state index in [-0.39, 0.29) is 11.6 Å². The van der Waals surface area contributed by atoms with Crippen LogP contribution in [-0.2, 0) is 14.3 Å². The molecule has 2 aromatic rings. The molecule has 1 amide bonds. The van der Waals surface area contributed by atoms with Gasteiger partial charge in [0.2, 0.25) is 11.7 Å². The Hall–Kier alpha value is -2.69. The predicted octanol–water partition coefficient (Wildman–Crippen LogP) is 1.87. The zero-order valence-electron chi connectivity index (χ0n) is 19.4. The quantitative estimate of drug-likeness (QED) is 0.294. The number of aliphatic hydroxyl groups excluding tert-OH is 3. The van der Waals surface area contributed by atoms with E-state index in [4.69, 9.17) is 16.3 Å². The molecule has 0 bridgehead atoms. The minimum atomic E-state index is -1.79.